The average Bonchev–Trinajstić information content (AvgIpc) is 3.34. The van der Waals surface area contributed by atoms with Crippen molar-refractivity contribution in [2.24, 2.45) is 10.7 Å². The third kappa shape index (κ3) is 3.28. The van der Waals surface area contributed by atoms with Crippen molar-refractivity contribution in [3.05, 3.63) is 34.9 Å². The summed E-state index contributed by atoms with van der Waals surface area (Å²) in [7, 11) is 1.55. The lowest BCUT2D eigenvalue weighted by molar-refractivity contribution is 0.214. The van der Waals surface area contributed by atoms with Crippen molar-refractivity contribution in [3.63, 3.8) is 0 Å². The number of anilines is 1. The van der Waals surface area contributed by atoms with Gasteiger partial charge in [-0.05, 0) is 42.5 Å². The first-order valence-corrected chi connectivity index (χ1v) is 7.51. The molecule has 0 radical (unpaired) electrons. The summed E-state index contributed by atoms with van der Waals surface area (Å²) in [5, 5.41) is 2.53. The second kappa shape index (κ2) is 6.63. The van der Waals surface area contributed by atoms with Gasteiger partial charge in [-0.15, -0.1) is 11.1 Å². The molecule has 0 atom stereocenters. The van der Waals surface area contributed by atoms with Crippen LogP contribution in [0.15, 0.2) is 23.0 Å². The Hall–Kier alpha value is -2.36. The van der Waals surface area contributed by atoms with Crippen molar-refractivity contribution in [2.45, 2.75) is 18.8 Å². The van der Waals surface area contributed by atoms with Gasteiger partial charge >= 0.3 is 6.03 Å². The molecule has 4 N–H and O–H groups in total. The van der Waals surface area contributed by atoms with Crippen molar-refractivity contribution in [1.82, 2.24) is 16.1 Å². The molecule has 1 aromatic carbocycles. The average molecular weight is 336 g/mol. The third-order valence-corrected chi connectivity index (χ3v) is 3.83. The van der Waals surface area contributed by atoms with Crippen LogP contribution in [0.25, 0.3) is 6.08 Å². The van der Waals surface area contributed by atoms with Crippen LogP contribution in [0, 0.1) is 5.82 Å². The van der Waals surface area contributed by atoms with Crippen LogP contribution in [0.3, 0.4) is 0 Å². The second-order valence-corrected chi connectivity index (χ2v) is 5.63. The molecule has 0 spiro atoms. The first kappa shape index (κ1) is 16.5. The standard InChI is InChI=1S/C15H18F2N6O/c1-22-15(24)23(21-20-22)14-5-10(4-11(16)7-19-8-18)13(17)6-12(14)9-2-3-9/h4-7,9,20-21H,2-3,8,18H2,1H3. The Kier molecular flexibility index (Phi) is 4.56. The second-order valence-electron chi connectivity index (χ2n) is 5.63. The summed E-state index contributed by atoms with van der Waals surface area (Å²) in [6.45, 7) is -0.0557. The summed E-state index contributed by atoms with van der Waals surface area (Å²) in [6.07, 6.45) is 3.82. The minimum Gasteiger partial charge on any atom is -0.312 e. The maximum absolute atomic E-state index is 14.3. The molecule has 1 aliphatic heterocycles. The predicted octanol–water partition coefficient (Wildman–Crippen LogP) is 1.80. The Morgan fingerprint density at radius 1 is 1.46 bits per heavy atom. The monoisotopic (exact) mass is 336 g/mol. The summed E-state index contributed by atoms with van der Waals surface area (Å²) < 4.78 is 28.1. The number of carbonyl (C=O) groups is 1. The Bertz CT molecular complexity index is 716. The first-order chi connectivity index (χ1) is 11.5. The fourth-order valence-corrected chi connectivity index (χ4v) is 2.48. The summed E-state index contributed by atoms with van der Waals surface area (Å²) in [6, 6.07) is 2.47. The molecule has 0 bridgehead atoms. The lowest BCUT2D eigenvalue weighted by Crippen LogP contribution is -2.38. The van der Waals surface area contributed by atoms with E-state index < -0.39 is 11.6 Å². The minimum atomic E-state index is -0.722. The molecule has 128 valence electrons. The molecular formula is C15H18F2N6O. The number of hydrazine groups is 3. The molecule has 1 heterocycles. The van der Waals surface area contributed by atoms with E-state index in [2.05, 4.69) is 16.1 Å². The van der Waals surface area contributed by atoms with Gasteiger partial charge in [-0.1, -0.05) is 0 Å². The molecule has 2 amide bonds. The molecule has 0 aromatic heterocycles. The first-order valence-electron chi connectivity index (χ1n) is 7.51. The number of allylic oxidation sites excluding steroid dienone is 1. The molecular weight excluding hydrogens is 318 g/mol. The maximum Gasteiger partial charge on any atom is 0.355 e. The number of nitrogens with one attached hydrogen (secondary N) is 2. The van der Waals surface area contributed by atoms with Gasteiger partial charge in [0.2, 0.25) is 0 Å². The Morgan fingerprint density at radius 3 is 2.79 bits per heavy atom. The number of hydrogen-bond donors (Lipinski definition) is 3. The molecule has 9 heteroatoms. The number of nitrogens with two attached hydrogens (primary N) is 1. The normalized spacial score (nSPS) is 19.0. The molecule has 7 nitrogen and oxygen atoms in total. The zero-order chi connectivity index (χ0) is 17.3. The molecule has 2 fully saturated rings. The van der Waals surface area contributed by atoms with Crippen LogP contribution in [0.1, 0.15) is 29.9 Å². The quantitative estimate of drug-likeness (QED) is 0.716. The SMILES string of the molecule is CN1NNN(c2cc(C=C(F)C=NCN)c(F)cc2C2CC2)C1=O. The molecule has 1 aliphatic carbocycles. The van der Waals surface area contributed by atoms with Crippen LogP contribution >= 0.6 is 0 Å². The van der Waals surface area contributed by atoms with Crippen molar-refractivity contribution >= 4 is 24.0 Å². The Morgan fingerprint density at radius 2 is 2.21 bits per heavy atom. The van der Waals surface area contributed by atoms with Gasteiger partial charge in [-0.2, -0.15) is 0 Å². The largest absolute Gasteiger partial charge is 0.355 e. The Balaban J connectivity index is 2.01. The van der Waals surface area contributed by atoms with E-state index in [1.165, 1.54) is 22.2 Å². The molecule has 1 saturated carbocycles. The highest BCUT2D eigenvalue weighted by atomic mass is 19.1. The maximum atomic E-state index is 14.3. The zero-order valence-electron chi connectivity index (χ0n) is 13.1. The van der Waals surface area contributed by atoms with Crippen LogP contribution in [0.5, 0.6) is 0 Å². The van der Waals surface area contributed by atoms with Crippen molar-refractivity contribution < 1.29 is 13.6 Å². The summed E-state index contributed by atoms with van der Waals surface area (Å²) >= 11 is 0. The topological polar surface area (TPSA) is 86.0 Å². The van der Waals surface area contributed by atoms with Gasteiger partial charge in [0.15, 0.2) is 0 Å². The summed E-state index contributed by atoms with van der Waals surface area (Å²) in [5.74, 6) is -1.07. The highest BCUT2D eigenvalue weighted by Crippen LogP contribution is 2.45. The number of carbonyl (C=O) groups excluding carboxylic acids is 1. The van der Waals surface area contributed by atoms with E-state index >= 15 is 0 Å². The van der Waals surface area contributed by atoms with E-state index in [1.807, 2.05) is 0 Å². The van der Waals surface area contributed by atoms with Crippen LogP contribution in [0.2, 0.25) is 0 Å². The van der Waals surface area contributed by atoms with Crippen molar-refractivity contribution in [1.29, 1.82) is 0 Å². The fraction of sp³-hybridized carbons (Fsp3) is 0.333. The number of aliphatic imine (C=N–C) groups is 1. The number of amides is 2. The van der Waals surface area contributed by atoms with Gasteiger partial charge in [0.25, 0.3) is 0 Å². The van der Waals surface area contributed by atoms with Crippen LogP contribution in [-0.4, -0.2) is 31.0 Å². The smallest absolute Gasteiger partial charge is 0.312 e. The highest BCUT2D eigenvalue weighted by Gasteiger charge is 2.34. The van der Waals surface area contributed by atoms with Gasteiger partial charge in [0.1, 0.15) is 11.6 Å². The lowest BCUT2D eigenvalue weighted by atomic mass is 10.0. The highest BCUT2D eigenvalue weighted by molar-refractivity contribution is 5.93. The molecule has 0 unspecified atom stereocenters. The molecule has 2 aliphatic rings. The van der Waals surface area contributed by atoms with E-state index in [9.17, 15) is 13.6 Å². The van der Waals surface area contributed by atoms with Gasteiger partial charge < -0.3 is 5.73 Å². The third-order valence-electron chi connectivity index (χ3n) is 3.83. The van der Waals surface area contributed by atoms with Crippen LogP contribution in [-0.2, 0) is 0 Å². The Labute approximate surface area is 137 Å². The van der Waals surface area contributed by atoms with Gasteiger partial charge in [0.05, 0.1) is 18.6 Å². The molecule has 3 rings (SSSR count). The number of halogens is 2. The van der Waals surface area contributed by atoms with E-state index in [1.54, 1.807) is 7.05 Å². The van der Waals surface area contributed by atoms with Crippen molar-refractivity contribution in [3.8, 4) is 0 Å². The minimum absolute atomic E-state index is 0.0273. The summed E-state index contributed by atoms with van der Waals surface area (Å²) in [5.41, 5.74) is 11.8. The van der Waals surface area contributed by atoms with Gasteiger partial charge in [0, 0.05) is 12.6 Å². The fourth-order valence-electron chi connectivity index (χ4n) is 2.48. The lowest BCUT2D eigenvalue weighted by Gasteiger charge is -2.19. The van der Waals surface area contributed by atoms with E-state index in [-0.39, 0.29) is 24.2 Å². The number of nitrogens with zero attached hydrogens (tertiary/aromatic N) is 3. The predicted molar refractivity (Wildman–Crippen MR) is 86.9 cm³/mol. The van der Waals surface area contributed by atoms with E-state index in [0.717, 1.165) is 30.7 Å². The summed E-state index contributed by atoms with van der Waals surface area (Å²) in [4.78, 5) is 15.7. The number of rotatable bonds is 5. The zero-order valence-corrected chi connectivity index (χ0v) is 13.1. The van der Waals surface area contributed by atoms with E-state index in [4.69, 9.17) is 5.73 Å². The van der Waals surface area contributed by atoms with Crippen molar-refractivity contribution in [2.75, 3.05) is 18.7 Å². The number of benzene rings is 1. The molecule has 24 heavy (non-hydrogen) atoms. The van der Waals surface area contributed by atoms with Crippen LogP contribution < -0.4 is 21.8 Å². The molecule has 1 aromatic rings. The van der Waals surface area contributed by atoms with E-state index in [0.29, 0.717) is 5.69 Å². The van der Waals surface area contributed by atoms with Gasteiger partial charge in [-0.3, -0.25) is 4.99 Å². The molecule has 1 saturated heterocycles. The number of hydrogen-bond acceptors (Lipinski definition) is 5. The number of urea groups is 1. The van der Waals surface area contributed by atoms with Crippen LogP contribution in [0.4, 0.5) is 19.3 Å². The van der Waals surface area contributed by atoms with Gasteiger partial charge in [-0.25, -0.2) is 23.6 Å².